The van der Waals surface area contributed by atoms with Crippen molar-refractivity contribution in [3.05, 3.63) is 60.9 Å². The van der Waals surface area contributed by atoms with Gasteiger partial charge in [-0.15, -0.1) is 10.2 Å². The molecule has 0 saturated carbocycles. The van der Waals surface area contributed by atoms with Gasteiger partial charge in [-0.2, -0.15) is 0 Å². The molecule has 3 heterocycles. The van der Waals surface area contributed by atoms with Gasteiger partial charge in [0.25, 0.3) is 0 Å². The van der Waals surface area contributed by atoms with E-state index < -0.39 is 0 Å². The molecule has 0 radical (unpaired) electrons. The normalized spacial score (nSPS) is 15.9. The van der Waals surface area contributed by atoms with Gasteiger partial charge in [-0.05, 0) is 75.2 Å². The van der Waals surface area contributed by atoms with Crippen molar-refractivity contribution in [1.82, 2.24) is 15.2 Å². The topological polar surface area (TPSA) is 74.2 Å². The first-order valence-corrected chi connectivity index (χ1v) is 11.3. The van der Waals surface area contributed by atoms with E-state index in [0.717, 1.165) is 55.2 Å². The molecular formula is C25H30N6O. The molecule has 166 valence electrons. The lowest BCUT2D eigenvalue weighted by Gasteiger charge is -2.32. The molecule has 1 fully saturated rings. The van der Waals surface area contributed by atoms with Crippen LogP contribution in [0.25, 0.3) is 11.3 Å². The molecule has 1 unspecified atom stereocenters. The second kappa shape index (κ2) is 10.2. The minimum atomic E-state index is -0.0760. The number of amides is 1. The van der Waals surface area contributed by atoms with E-state index in [-0.39, 0.29) is 11.8 Å². The van der Waals surface area contributed by atoms with E-state index in [1.807, 2.05) is 36.4 Å². The van der Waals surface area contributed by atoms with Crippen molar-refractivity contribution in [3.8, 4) is 11.3 Å². The summed E-state index contributed by atoms with van der Waals surface area (Å²) in [5.41, 5.74) is 3.81. The summed E-state index contributed by atoms with van der Waals surface area (Å²) in [6.45, 7) is 7.74. The first-order chi connectivity index (χ1) is 15.7. The minimum Gasteiger partial charge on any atom is -0.372 e. The van der Waals surface area contributed by atoms with Crippen LogP contribution in [0, 0.1) is 5.92 Å². The molecule has 1 aliphatic rings. The molecule has 1 atom stereocenters. The summed E-state index contributed by atoms with van der Waals surface area (Å²) in [4.78, 5) is 21.4. The maximum Gasteiger partial charge on any atom is 0.229 e. The lowest BCUT2D eigenvalue weighted by molar-refractivity contribution is -0.120. The largest absolute Gasteiger partial charge is 0.372 e. The van der Waals surface area contributed by atoms with Crippen molar-refractivity contribution >= 4 is 23.1 Å². The van der Waals surface area contributed by atoms with Gasteiger partial charge in [-0.1, -0.05) is 0 Å². The monoisotopic (exact) mass is 430 g/mol. The van der Waals surface area contributed by atoms with Crippen LogP contribution in [0.1, 0.15) is 26.7 Å². The molecule has 0 aliphatic carbocycles. The molecule has 1 N–H and O–H groups in total. The van der Waals surface area contributed by atoms with Crippen LogP contribution in [0.15, 0.2) is 60.9 Å². The maximum atomic E-state index is 12.9. The Kier molecular flexibility index (Phi) is 6.94. The van der Waals surface area contributed by atoms with Crippen LogP contribution in [-0.4, -0.2) is 47.3 Å². The van der Waals surface area contributed by atoms with Crippen LogP contribution in [-0.2, 0) is 4.79 Å². The summed E-state index contributed by atoms with van der Waals surface area (Å²) in [5.74, 6) is 0.795. The van der Waals surface area contributed by atoms with Crippen LogP contribution >= 0.6 is 0 Å². The number of benzene rings is 1. The lowest BCUT2D eigenvalue weighted by Crippen LogP contribution is -2.41. The average Bonchev–Trinajstić information content (AvgIpc) is 2.86. The van der Waals surface area contributed by atoms with E-state index in [4.69, 9.17) is 0 Å². The quantitative estimate of drug-likeness (QED) is 0.604. The standard InChI is InChI=1S/C25H30N6O/c1-3-30(4-2)22-9-7-21(8-10-22)27-25(32)20-6-5-17-31(18-20)24-12-11-23(28-29-24)19-13-15-26-16-14-19/h7-16,20H,3-6,17-18H2,1-2H3,(H,27,32). The van der Waals surface area contributed by atoms with Gasteiger partial charge >= 0.3 is 0 Å². The number of aromatic nitrogens is 3. The zero-order valence-electron chi connectivity index (χ0n) is 18.7. The van der Waals surface area contributed by atoms with E-state index in [1.54, 1.807) is 12.4 Å². The smallest absolute Gasteiger partial charge is 0.229 e. The van der Waals surface area contributed by atoms with Crippen LogP contribution in [0.2, 0.25) is 0 Å². The van der Waals surface area contributed by atoms with Crippen molar-refractivity contribution in [3.63, 3.8) is 0 Å². The van der Waals surface area contributed by atoms with Gasteiger partial charge in [0.1, 0.15) is 0 Å². The fourth-order valence-corrected chi connectivity index (χ4v) is 4.16. The van der Waals surface area contributed by atoms with Gasteiger partial charge in [0.15, 0.2) is 5.82 Å². The second-order valence-electron chi connectivity index (χ2n) is 8.01. The molecule has 1 saturated heterocycles. The number of carbonyl (C=O) groups is 1. The number of hydrogen-bond acceptors (Lipinski definition) is 6. The molecule has 32 heavy (non-hydrogen) atoms. The Labute approximate surface area is 189 Å². The highest BCUT2D eigenvalue weighted by Crippen LogP contribution is 2.25. The van der Waals surface area contributed by atoms with Crippen LogP contribution < -0.4 is 15.1 Å². The molecule has 1 aromatic carbocycles. The Morgan fingerprint density at radius 1 is 1.03 bits per heavy atom. The molecule has 3 aromatic rings. The Hall–Kier alpha value is -3.48. The van der Waals surface area contributed by atoms with Gasteiger partial charge in [-0.25, -0.2) is 0 Å². The maximum absolute atomic E-state index is 12.9. The van der Waals surface area contributed by atoms with E-state index >= 15 is 0 Å². The first kappa shape index (κ1) is 21.7. The molecule has 7 heteroatoms. The van der Waals surface area contributed by atoms with Crippen LogP contribution in [0.3, 0.4) is 0 Å². The third-order valence-corrected chi connectivity index (χ3v) is 6.01. The molecule has 0 spiro atoms. The Bertz CT molecular complexity index is 1000. The summed E-state index contributed by atoms with van der Waals surface area (Å²) in [6, 6.07) is 15.9. The number of pyridine rings is 1. The van der Waals surface area contributed by atoms with E-state index in [0.29, 0.717) is 6.54 Å². The van der Waals surface area contributed by atoms with Crippen molar-refractivity contribution in [1.29, 1.82) is 0 Å². The average molecular weight is 431 g/mol. The second-order valence-corrected chi connectivity index (χ2v) is 8.01. The molecule has 2 aromatic heterocycles. The summed E-state index contributed by atoms with van der Waals surface area (Å²) in [5, 5.41) is 11.9. The van der Waals surface area contributed by atoms with E-state index in [1.165, 1.54) is 5.69 Å². The third kappa shape index (κ3) is 5.04. The number of anilines is 3. The number of rotatable bonds is 7. The Morgan fingerprint density at radius 3 is 2.44 bits per heavy atom. The highest BCUT2D eigenvalue weighted by Gasteiger charge is 2.27. The highest BCUT2D eigenvalue weighted by atomic mass is 16.1. The van der Waals surface area contributed by atoms with Gasteiger partial charge < -0.3 is 15.1 Å². The van der Waals surface area contributed by atoms with E-state index in [9.17, 15) is 4.79 Å². The Balaban J connectivity index is 1.37. The first-order valence-electron chi connectivity index (χ1n) is 11.3. The van der Waals surface area contributed by atoms with Crippen molar-refractivity contribution in [2.75, 3.05) is 41.3 Å². The number of piperidine rings is 1. The summed E-state index contributed by atoms with van der Waals surface area (Å²) in [7, 11) is 0. The zero-order chi connectivity index (χ0) is 22.3. The highest BCUT2D eigenvalue weighted by molar-refractivity contribution is 5.93. The third-order valence-electron chi connectivity index (χ3n) is 6.01. The van der Waals surface area contributed by atoms with E-state index in [2.05, 4.69) is 56.3 Å². The van der Waals surface area contributed by atoms with Gasteiger partial charge in [0.05, 0.1) is 11.6 Å². The fraction of sp³-hybridized carbons (Fsp3) is 0.360. The molecule has 0 bridgehead atoms. The van der Waals surface area contributed by atoms with Gasteiger partial charge in [0.2, 0.25) is 5.91 Å². The Morgan fingerprint density at radius 2 is 1.78 bits per heavy atom. The number of carbonyl (C=O) groups excluding carboxylic acids is 1. The van der Waals surface area contributed by atoms with Crippen molar-refractivity contribution in [2.45, 2.75) is 26.7 Å². The summed E-state index contributed by atoms with van der Waals surface area (Å²) in [6.07, 6.45) is 5.32. The number of hydrogen-bond donors (Lipinski definition) is 1. The molecule has 7 nitrogen and oxygen atoms in total. The molecule has 4 rings (SSSR count). The minimum absolute atomic E-state index is 0.0617. The summed E-state index contributed by atoms with van der Waals surface area (Å²) >= 11 is 0. The predicted molar refractivity (Wildman–Crippen MR) is 129 cm³/mol. The van der Waals surface area contributed by atoms with Gasteiger partial charge in [0, 0.05) is 55.5 Å². The molecular weight excluding hydrogens is 400 g/mol. The number of nitrogens with zero attached hydrogens (tertiary/aromatic N) is 5. The van der Waals surface area contributed by atoms with Crippen molar-refractivity contribution in [2.24, 2.45) is 5.92 Å². The molecule has 1 amide bonds. The number of nitrogens with one attached hydrogen (secondary N) is 1. The zero-order valence-corrected chi connectivity index (χ0v) is 18.7. The van der Waals surface area contributed by atoms with Crippen LogP contribution in [0.5, 0.6) is 0 Å². The lowest BCUT2D eigenvalue weighted by atomic mass is 9.97. The molecule has 1 aliphatic heterocycles. The van der Waals surface area contributed by atoms with Crippen molar-refractivity contribution < 1.29 is 4.79 Å². The predicted octanol–water partition coefficient (Wildman–Crippen LogP) is 4.24. The van der Waals surface area contributed by atoms with Gasteiger partial charge in [-0.3, -0.25) is 9.78 Å². The van der Waals surface area contributed by atoms with Crippen LogP contribution in [0.4, 0.5) is 17.2 Å². The summed E-state index contributed by atoms with van der Waals surface area (Å²) < 4.78 is 0. The fourth-order valence-electron chi connectivity index (χ4n) is 4.16. The SMILES string of the molecule is CCN(CC)c1ccc(NC(=O)C2CCCN(c3ccc(-c4ccncc4)nn3)C2)cc1.